The maximum Gasteiger partial charge on any atom is 0.239 e. The molecule has 1 unspecified atom stereocenters. The Labute approximate surface area is 181 Å². The first-order chi connectivity index (χ1) is 14.6. The third-order valence-corrected chi connectivity index (χ3v) is 6.04. The summed E-state index contributed by atoms with van der Waals surface area (Å²) in [6.07, 6.45) is 3.20. The molecule has 166 valence electrons. The first-order valence-electron chi connectivity index (χ1n) is 11.3. The molecular weight excluding hydrogens is 378 g/mol. The molecule has 7 nitrogen and oxygen atoms in total. The predicted octanol–water partition coefficient (Wildman–Crippen LogP) is 1.97. The fourth-order valence-electron chi connectivity index (χ4n) is 4.11. The molecule has 2 aliphatic heterocycles. The minimum absolute atomic E-state index is 0.0286. The third kappa shape index (κ3) is 6.11. The van der Waals surface area contributed by atoms with Crippen LogP contribution in [0.2, 0.25) is 0 Å². The van der Waals surface area contributed by atoms with E-state index < -0.39 is 0 Å². The Morgan fingerprint density at radius 3 is 2.37 bits per heavy atom. The molecule has 0 spiro atoms. The van der Waals surface area contributed by atoms with Crippen molar-refractivity contribution in [1.82, 2.24) is 20.0 Å². The summed E-state index contributed by atoms with van der Waals surface area (Å²) in [5, 5.41) is 3.45. The number of piperazine rings is 1. The van der Waals surface area contributed by atoms with Crippen molar-refractivity contribution in [3.05, 3.63) is 29.8 Å². The standard InChI is InChI=1S/C23H37N5O2/c1-19-7-9-21(10-8-19)30-18-6-11-25-23(24-3)28-16-14-26(15-17-28)20(2)22(29)27-12-4-5-13-27/h7-10,20H,4-6,11-18H2,1-3H3,(H,24,25). The molecule has 1 aromatic rings. The van der Waals surface area contributed by atoms with Gasteiger partial charge in [-0.3, -0.25) is 14.7 Å². The minimum Gasteiger partial charge on any atom is -0.494 e. The van der Waals surface area contributed by atoms with Crippen LogP contribution in [0.4, 0.5) is 0 Å². The molecule has 0 radical (unpaired) electrons. The summed E-state index contributed by atoms with van der Waals surface area (Å²) in [4.78, 5) is 23.7. The quantitative estimate of drug-likeness (QED) is 0.419. The van der Waals surface area contributed by atoms with Gasteiger partial charge in [-0.05, 0) is 45.2 Å². The monoisotopic (exact) mass is 415 g/mol. The van der Waals surface area contributed by atoms with Gasteiger partial charge in [0.05, 0.1) is 12.6 Å². The summed E-state index contributed by atoms with van der Waals surface area (Å²) in [6.45, 7) is 11.0. The van der Waals surface area contributed by atoms with E-state index in [-0.39, 0.29) is 11.9 Å². The van der Waals surface area contributed by atoms with Crippen molar-refractivity contribution in [2.75, 3.05) is 59.5 Å². The molecule has 0 aliphatic carbocycles. The van der Waals surface area contributed by atoms with E-state index in [1.54, 1.807) is 0 Å². The number of benzene rings is 1. The largest absolute Gasteiger partial charge is 0.494 e. The number of ether oxygens (including phenoxy) is 1. The second kappa shape index (κ2) is 11.2. The van der Waals surface area contributed by atoms with Crippen LogP contribution in [0.3, 0.4) is 0 Å². The number of aryl methyl sites for hydroxylation is 1. The van der Waals surface area contributed by atoms with Gasteiger partial charge in [-0.25, -0.2) is 0 Å². The van der Waals surface area contributed by atoms with E-state index in [4.69, 9.17) is 4.74 Å². The lowest BCUT2D eigenvalue weighted by Crippen LogP contribution is -2.57. The number of aliphatic imine (C=N–C) groups is 1. The van der Waals surface area contributed by atoms with Crippen LogP contribution in [0.1, 0.15) is 31.7 Å². The smallest absolute Gasteiger partial charge is 0.239 e. The molecule has 0 saturated carbocycles. The zero-order chi connectivity index (χ0) is 21.3. The summed E-state index contributed by atoms with van der Waals surface area (Å²) < 4.78 is 5.79. The van der Waals surface area contributed by atoms with Gasteiger partial charge in [-0.15, -0.1) is 0 Å². The van der Waals surface area contributed by atoms with E-state index in [2.05, 4.69) is 46.1 Å². The number of hydrogen-bond acceptors (Lipinski definition) is 4. The van der Waals surface area contributed by atoms with Crippen LogP contribution in [0, 0.1) is 6.92 Å². The van der Waals surface area contributed by atoms with Gasteiger partial charge >= 0.3 is 0 Å². The SMILES string of the molecule is CN=C(NCCCOc1ccc(C)cc1)N1CCN(C(C)C(=O)N2CCCC2)CC1. The number of rotatable bonds is 7. The maximum absolute atomic E-state index is 12.7. The Bertz CT molecular complexity index is 692. The van der Waals surface area contributed by atoms with E-state index in [9.17, 15) is 4.79 Å². The zero-order valence-electron chi connectivity index (χ0n) is 18.8. The molecule has 0 bridgehead atoms. The van der Waals surface area contributed by atoms with Gasteiger partial charge in [-0.1, -0.05) is 17.7 Å². The summed E-state index contributed by atoms with van der Waals surface area (Å²) >= 11 is 0. The highest BCUT2D eigenvalue weighted by Gasteiger charge is 2.30. The lowest BCUT2D eigenvalue weighted by atomic mass is 10.2. The summed E-state index contributed by atoms with van der Waals surface area (Å²) in [5.74, 6) is 2.14. The zero-order valence-corrected chi connectivity index (χ0v) is 18.8. The van der Waals surface area contributed by atoms with Gasteiger partial charge < -0.3 is 19.9 Å². The van der Waals surface area contributed by atoms with Crippen molar-refractivity contribution in [3.63, 3.8) is 0 Å². The second-order valence-electron chi connectivity index (χ2n) is 8.22. The van der Waals surface area contributed by atoms with Crippen LogP contribution in [0.5, 0.6) is 5.75 Å². The van der Waals surface area contributed by atoms with Crippen LogP contribution in [-0.2, 0) is 4.79 Å². The molecule has 1 aromatic carbocycles. The second-order valence-corrected chi connectivity index (χ2v) is 8.22. The van der Waals surface area contributed by atoms with Gasteiger partial charge in [0.25, 0.3) is 0 Å². The number of amides is 1. The minimum atomic E-state index is -0.0286. The van der Waals surface area contributed by atoms with Crippen LogP contribution in [0.15, 0.2) is 29.3 Å². The molecule has 1 N–H and O–H groups in total. The molecule has 3 rings (SSSR count). The molecule has 1 atom stereocenters. The first-order valence-corrected chi connectivity index (χ1v) is 11.3. The Kier molecular flexibility index (Phi) is 8.37. The van der Waals surface area contributed by atoms with Crippen LogP contribution in [0.25, 0.3) is 0 Å². The topological polar surface area (TPSA) is 60.4 Å². The van der Waals surface area contributed by atoms with E-state index in [1.165, 1.54) is 5.56 Å². The Hall–Kier alpha value is -2.28. The highest BCUT2D eigenvalue weighted by atomic mass is 16.5. The fourth-order valence-corrected chi connectivity index (χ4v) is 4.11. The molecule has 7 heteroatoms. The van der Waals surface area contributed by atoms with E-state index in [0.29, 0.717) is 6.61 Å². The van der Waals surface area contributed by atoms with Crippen molar-refractivity contribution in [1.29, 1.82) is 0 Å². The van der Waals surface area contributed by atoms with Crippen molar-refractivity contribution in [3.8, 4) is 5.75 Å². The van der Waals surface area contributed by atoms with Crippen molar-refractivity contribution < 1.29 is 9.53 Å². The highest BCUT2D eigenvalue weighted by molar-refractivity contribution is 5.82. The van der Waals surface area contributed by atoms with E-state index in [0.717, 1.165) is 76.8 Å². The van der Waals surface area contributed by atoms with E-state index >= 15 is 0 Å². The average Bonchev–Trinajstić information content (AvgIpc) is 3.32. The van der Waals surface area contributed by atoms with Crippen molar-refractivity contribution in [2.45, 2.75) is 39.2 Å². The van der Waals surface area contributed by atoms with Gasteiger partial charge in [0.1, 0.15) is 5.75 Å². The molecule has 2 fully saturated rings. The van der Waals surface area contributed by atoms with Gasteiger partial charge in [-0.2, -0.15) is 0 Å². The van der Waals surface area contributed by atoms with Crippen LogP contribution in [-0.4, -0.2) is 92.1 Å². The third-order valence-electron chi connectivity index (χ3n) is 6.04. The molecule has 2 heterocycles. The lowest BCUT2D eigenvalue weighted by Gasteiger charge is -2.39. The molecule has 30 heavy (non-hydrogen) atoms. The number of nitrogens with one attached hydrogen (secondary N) is 1. The van der Waals surface area contributed by atoms with Gasteiger partial charge in [0.2, 0.25) is 5.91 Å². The van der Waals surface area contributed by atoms with Crippen molar-refractivity contribution in [2.24, 2.45) is 4.99 Å². The maximum atomic E-state index is 12.7. The molecule has 0 aromatic heterocycles. The number of carbonyl (C=O) groups is 1. The Balaban J connectivity index is 1.35. The summed E-state index contributed by atoms with van der Waals surface area (Å²) in [6, 6.07) is 8.12. The predicted molar refractivity (Wildman–Crippen MR) is 121 cm³/mol. The lowest BCUT2D eigenvalue weighted by molar-refractivity contribution is -0.135. The number of guanidine groups is 1. The van der Waals surface area contributed by atoms with Gasteiger partial charge in [0.15, 0.2) is 5.96 Å². The number of carbonyl (C=O) groups excluding carboxylic acids is 1. The summed E-state index contributed by atoms with van der Waals surface area (Å²) in [7, 11) is 1.83. The Morgan fingerprint density at radius 2 is 1.73 bits per heavy atom. The first kappa shape index (κ1) is 22.4. The van der Waals surface area contributed by atoms with E-state index in [1.807, 2.05) is 24.1 Å². The molecule has 2 aliphatic rings. The van der Waals surface area contributed by atoms with Crippen LogP contribution >= 0.6 is 0 Å². The summed E-state index contributed by atoms with van der Waals surface area (Å²) in [5.41, 5.74) is 1.24. The van der Waals surface area contributed by atoms with Crippen molar-refractivity contribution >= 4 is 11.9 Å². The molecular formula is C23H37N5O2. The average molecular weight is 416 g/mol. The number of nitrogens with zero attached hydrogens (tertiary/aromatic N) is 4. The van der Waals surface area contributed by atoms with Gasteiger partial charge in [0, 0.05) is 52.9 Å². The normalized spacial score (nSPS) is 19.1. The number of likely N-dealkylation sites (tertiary alicyclic amines) is 1. The molecule has 2 saturated heterocycles. The number of hydrogen-bond donors (Lipinski definition) is 1. The molecule has 1 amide bonds. The Morgan fingerprint density at radius 1 is 1.07 bits per heavy atom. The highest BCUT2D eigenvalue weighted by Crippen LogP contribution is 2.14. The van der Waals surface area contributed by atoms with Crippen LogP contribution < -0.4 is 10.1 Å². The fraction of sp³-hybridized carbons (Fsp3) is 0.652.